The molecule has 0 aromatic heterocycles. The first-order chi connectivity index (χ1) is 11.6. The number of hydrogen-bond acceptors (Lipinski definition) is 5. The minimum atomic E-state index is -1.54. The van der Waals surface area contributed by atoms with Crippen LogP contribution in [0.15, 0.2) is 24.3 Å². The highest BCUT2D eigenvalue weighted by atomic mass is 28.4. The van der Waals surface area contributed by atoms with Crippen molar-refractivity contribution in [2.45, 2.75) is 65.0 Å². The van der Waals surface area contributed by atoms with Crippen LogP contribution in [-0.4, -0.2) is 41.6 Å². The molecule has 0 atom stereocenters. The van der Waals surface area contributed by atoms with Crippen molar-refractivity contribution in [1.29, 1.82) is 0 Å². The van der Waals surface area contributed by atoms with Gasteiger partial charge in [0, 0.05) is 12.2 Å². The summed E-state index contributed by atoms with van der Waals surface area (Å²) in [6, 6.07) is 2.14. The Hall–Kier alpha value is -1.19. The van der Waals surface area contributed by atoms with Gasteiger partial charge in [-0.3, -0.25) is 0 Å². The van der Waals surface area contributed by atoms with Crippen LogP contribution in [0.3, 0.4) is 0 Å². The maximum atomic E-state index is 11.3. The van der Waals surface area contributed by atoms with Gasteiger partial charge in [-0.2, -0.15) is 0 Å². The van der Waals surface area contributed by atoms with Gasteiger partial charge in [0.25, 0.3) is 0 Å². The van der Waals surface area contributed by atoms with Gasteiger partial charge in [-0.25, -0.2) is 9.59 Å². The summed E-state index contributed by atoms with van der Waals surface area (Å²) in [6.07, 6.45) is 8.04. The second-order valence-corrected chi connectivity index (χ2v) is 17.0. The maximum Gasteiger partial charge on any atom is 0.330 e. The van der Waals surface area contributed by atoms with Gasteiger partial charge in [-0.05, 0) is 38.8 Å². The van der Waals surface area contributed by atoms with Crippen molar-refractivity contribution in [2.24, 2.45) is 0 Å². The standard InChI is InChI=1S/C18H35NO4Si2/c1-7-11-17(20)22-13-9-15-24(3,4)19-25(5,6)16-10-14-23-18(21)12-8-2/h7-8,11-12,19H,9-10,13-16H2,1-6H3. The zero-order chi connectivity index (χ0) is 19.3. The molecule has 0 spiro atoms. The third-order valence-electron chi connectivity index (χ3n) is 3.66. The Morgan fingerprint density at radius 1 is 0.800 bits per heavy atom. The first-order valence-corrected chi connectivity index (χ1v) is 15.4. The molecule has 0 aromatic carbocycles. The molecule has 0 rings (SSSR count). The van der Waals surface area contributed by atoms with E-state index >= 15 is 0 Å². The zero-order valence-electron chi connectivity index (χ0n) is 16.7. The van der Waals surface area contributed by atoms with E-state index in [9.17, 15) is 9.59 Å². The summed E-state index contributed by atoms with van der Waals surface area (Å²) >= 11 is 0. The number of carbonyl (C=O) groups excluding carboxylic acids is 2. The van der Waals surface area contributed by atoms with Crippen LogP contribution in [0.5, 0.6) is 0 Å². The molecule has 144 valence electrons. The molecule has 5 nitrogen and oxygen atoms in total. The van der Waals surface area contributed by atoms with Gasteiger partial charge < -0.3 is 14.1 Å². The van der Waals surface area contributed by atoms with E-state index in [0.717, 1.165) is 24.9 Å². The summed E-state index contributed by atoms with van der Waals surface area (Å²) in [6.45, 7) is 13.8. The lowest BCUT2D eigenvalue weighted by atomic mass is 10.5. The normalized spacial score (nSPS) is 12.7. The van der Waals surface area contributed by atoms with Gasteiger partial charge in [-0.1, -0.05) is 38.3 Å². The first kappa shape index (κ1) is 23.8. The summed E-state index contributed by atoms with van der Waals surface area (Å²) in [5.74, 6) is -0.533. The Morgan fingerprint density at radius 3 is 1.48 bits per heavy atom. The van der Waals surface area contributed by atoms with E-state index in [-0.39, 0.29) is 11.9 Å². The predicted octanol–water partition coefficient (Wildman–Crippen LogP) is 4.01. The molecule has 0 fully saturated rings. The molecular formula is C18H35NO4Si2. The summed E-state index contributed by atoms with van der Waals surface area (Å²) in [5.41, 5.74) is 0. The lowest BCUT2D eigenvalue weighted by Crippen LogP contribution is -2.59. The molecule has 25 heavy (non-hydrogen) atoms. The van der Waals surface area contributed by atoms with E-state index < -0.39 is 16.5 Å². The van der Waals surface area contributed by atoms with Crippen molar-refractivity contribution in [3.8, 4) is 0 Å². The number of nitrogens with one attached hydrogen (secondary N) is 1. The number of rotatable bonds is 12. The number of carbonyl (C=O) groups is 2. The molecule has 0 aliphatic carbocycles. The summed E-state index contributed by atoms with van der Waals surface area (Å²) in [7, 11) is -3.08. The molecule has 0 radical (unpaired) electrons. The van der Waals surface area contributed by atoms with Gasteiger partial charge in [0.1, 0.15) is 16.5 Å². The fraction of sp³-hybridized carbons (Fsp3) is 0.667. The van der Waals surface area contributed by atoms with E-state index in [4.69, 9.17) is 9.47 Å². The van der Waals surface area contributed by atoms with E-state index in [1.165, 1.54) is 12.2 Å². The third-order valence-corrected chi connectivity index (χ3v) is 12.3. The average Bonchev–Trinajstić information content (AvgIpc) is 2.48. The minimum absolute atomic E-state index is 0.267. The molecule has 0 bridgehead atoms. The Labute approximate surface area is 155 Å². The molecule has 0 saturated heterocycles. The molecular weight excluding hydrogens is 350 g/mol. The topological polar surface area (TPSA) is 64.6 Å². The van der Waals surface area contributed by atoms with Crippen LogP contribution < -0.4 is 4.65 Å². The summed E-state index contributed by atoms with van der Waals surface area (Å²) in [5, 5.41) is 0. The van der Waals surface area contributed by atoms with Gasteiger partial charge in [0.2, 0.25) is 0 Å². The fourth-order valence-electron chi connectivity index (χ4n) is 2.78. The predicted molar refractivity (Wildman–Crippen MR) is 108 cm³/mol. The molecule has 0 aliphatic rings. The maximum absolute atomic E-state index is 11.3. The smallest absolute Gasteiger partial charge is 0.330 e. The fourth-order valence-corrected chi connectivity index (χ4v) is 13.2. The third kappa shape index (κ3) is 13.7. The number of allylic oxidation sites excluding steroid dienone is 2. The zero-order valence-corrected chi connectivity index (χ0v) is 18.7. The minimum Gasteiger partial charge on any atom is -0.463 e. The molecule has 0 amide bonds. The van der Waals surface area contributed by atoms with Crippen molar-refractivity contribution in [1.82, 2.24) is 4.65 Å². The Balaban J connectivity index is 4.10. The lowest BCUT2D eigenvalue weighted by molar-refractivity contribution is -0.138. The SMILES string of the molecule is CC=CC(=O)OCCC[Si](C)(C)N[Si](C)(C)CCCOC(=O)C=CC. The van der Waals surface area contributed by atoms with E-state index in [0.29, 0.717) is 13.2 Å². The van der Waals surface area contributed by atoms with Crippen LogP contribution in [0.25, 0.3) is 0 Å². The molecule has 0 aromatic rings. The monoisotopic (exact) mass is 385 g/mol. The van der Waals surface area contributed by atoms with Crippen LogP contribution in [-0.2, 0) is 19.1 Å². The van der Waals surface area contributed by atoms with Crippen molar-refractivity contribution in [3.05, 3.63) is 24.3 Å². The number of ether oxygens (including phenoxy) is 2. The molecule has 0 heterocycles. The Kier molecular flexibility index (Phi) is 11.6. The van der Waals surface area contributed by atoms with Gasteiger partial charge in [-0.15, -0.1) is 0 Å². The van der Waals surface area contributed by atoms with Crippen LogP contribution in [0, 0.1) is 0 Å². The van der Waals surface area contributed by atoms with Crippen molar-refractivity contribution in [3.63, 3.8) is 0 Å². The Morgan fingerprint density at radius 2 is 1.16 bits per heavy atom. The summed E-state index contributed by atoms with van der Waals surface area (Å²) in [4.78, 5) is 22.6. The first-order valence-electron chi connectivity index (χ1n) is 9.00. The van der Waals surface area contributed by atoms with Crippen LogP contribution in [0.4, 0.5) is 0 Å². The lowest BCUT2D eigenvalue weighted by Gasteiger charge is -2.34. The van der Waals surface area contributed by atoms with Crippen molar-refractivity contribution >= 4 is 28.4 Å². The molecule has 7 heteroatoms. The second kappa shape index (κ2) is 12.2. The largest absolute Gasteiger partial charge is 0.463 e. The summed E-state index contributed by atoms with van der Waals surface area (Å²) < 4.78 is 14.2. The second-order valence-electron chi connectivity index (χ2n) is 7.43. The van der Waals surface area contributed by atoms with Crippen LogP contribution in [0.1, 0.15) is 26.7 Å². The highest BCUT2D eigenvalue weighted by molar-refractivity contribution is 6.91. The van der Waals surface area contributed by atoms with Gasteiger partial charge in [0.05, 0.1) is 13.2 Å². The van der Waals surface area contributed by atoms with Crippen LogP contribution in [0.2, 0.25) is 38.3 Å². The quantitative estimate of drug-likeness (QED) is 0.238. The molecule has 0 unspecified atom stereocenters. The Bertz CT molecular complexity index is 432. The van der Waals surface area contributed by atoms with E-state index in [2.05, 4.69) is 30.8 Å². The van der Waals surface area contributed by atoms with Crippen molar-refractivity contribution in [2.75, 3.05) is 13.2 Å². The van der Waals surface area contributed by atoms with Gasteiger partial charge >= 0.3 is 11.9 Å². The van der Waals surface area contributed by atoms with Gasteiger partial charge in [0.15, 0.2) is 0 Å². The van der Waals surface area contributed by atoms with E-state index in [1.54, 1.807) is 26.0 Å². The molecule has 0 saturated carbocycles. The van der Waals surface area contributed by atoms with Crippen molar-refractivity contribution < 1.29 is 19.1 Å². The average molecular weight is 386 g/mol. The molecule has 1 N–H and O–H groups in total. The highest BCUT2D eigenvalue weighted by Crippen LogP contribution is 2.17. The number of hydrogen-bond donors (Lipinski definition) is 1. The highest BCUT2D eigenvalue weighted by Gasteiger charge is 2.30. The molecule has 0 aliphatic heterocycles. The van der Waals surface area contributed by atoms with Crippen LogP contribution >= 0.6 is 0 Å². The number of esters is 2. The van der Waals surface area contributed by atoms with E-state index in [1.807, 2.05) is 0 Å².